The van der Waals surface area contributed by atoms with Crippen LogP contribution in [0.25, 0.3) is 0 Å². The van der Waals surface area contributed by atoms with E-state index in [1.54, 1.807) is 0 Å². The summed E-state index contributed by atoms with van der Waals surface area (Å²) in [5.74, 6) is -1.80. The third kappa shape index (κ3) is 4.87. The fraction of sp³-hybridized carbons (Fsp3) is 0.364. The minimum atomic E-state index is -4.54. The van der Waals surface area contributed by atoms with Gasteiger partial charge in [0.2, 0.25) is 0 Å². The van der Waals surface area contributed by atoms with Crippen LogP contribution in [0.4, 0.5) is 17.6 Å². The number of carbonyl (C=O) groups is 1. The first-order valence-electron chi connectivity index (χ1n) is 5.11. The Morgan fingerprint density at radius 3 is 2.42 bits per heavy atom. The molecule has 0 aliphatic rings. The van der Waals surface area contributed by atoms with Gasteiger partial charge in [0.1, 0.15) is 12.4 Å². The van der Waals surface area contributed by atoms with E-state index in [1.807, 2.05) is 0 Å². The Hall–Kier alpha value is -1.01. The van der Waals surface area contributed by atoms with Gasteiger partial charge in [0, 0.05) is 18.0 Å². The number of carbonyl (C=O) groups excluding carboxylic acids is 1. The Morgan fingerprint density at radius 2 is 1.95 bits per heavy atom. The van der Waals surface area contributed by atoms with Gasteiger partial charge in [0.05, 0.1) is 5.02 Å². The molecule has 0 unspecified atom stereocenters. The van der Waals surface area contributed by atoms with Crippen molar-refractivity contribution >= 4 is 29.1 Å². The van der Waals surface area contributed by atoms with E-state index >= 15 is 0 Å². The lowest BCUT2D eigenvalue weighted by atomic mass is 10.2. The van der Waals surface area contributed by atoms with Gasteiger partial charge >= 0.3 is 6.18 Å². The maximum atomic E-state index is 12.9. The average molecular weight is 318 g/mol. The lowest BCUT2D eigenvalue weighted by Gasteiger charge is -2.23. The largest absolute Gasteiger partial charge is 0.406 e. The first kappa shape index (κ1) is 16.0. The number of alkyl halides is 4. The van der Waals surface area contributed by atoms with Gasteiger partial charge in [-0.1, -0.05) is 11.6 Å². The smallest absolute Gasteiger partial charge is 0.328 e. The number of amides is 1. The molecule has 106 valence electrons. The summed E-state index contributed by atoms with van der Waals surface area (Å²) in [4.78, 5) is 12.4. The minimum Gasteiger partial charge on any atom is -0.328 e. The molecular formula is C11H9Cl2F4NO. The molecule has 8 heteroatoms. The number of rotatable bonds is 4. The van der Waals surface area contributed by atoms with Crippen LogP contribution >= 0.6 is 23.2 Å². The topological polar surface area (TPSA) is 20.3 Å². The molecule has 1 aromatic rings. The Morgan fingerprint density at radius 1 is 1.32 bits per heavy atom. The fourth-order valence-corrected chi connectivity index (χ4v) is 1.77. The van der Waals surface area contributed by atoms with Crippen molar-refractivity contribution in [2.45, 2.75) is 6.18 Å². The summed E-state index contributed by atoms with van der Waals surface area (Å²) in [6.45, 7) is -1.69. The Balaban J connectivity index is 2.95. The quantitative estimate of drug-likeness (QED) is 0.612. The molecule has 0 fully saturated rings. The van der Waals surface area contributed by atoms with Crippen molar-refractivity contribution in [3.05, 3.63) is 34.6 Å². The standard InChI is InChI=1S/C11H9Cl2F4NO/c12-3-4-18(6-11(15,16)17)10(19)7-1-2-9(14)8(13)5-7/h1-2,5H,3-4,6H2. The van der Waals surface area contributed by atoms with Gasteiger partial charge in [-0.05, 0) is 18.2 Å². The number of benzene rings is 1. The second kappa shape index (κ2) is 6.43. The summed E-state index contributed by atoms with van der Waals surface area (Å²) >= 11 is 10.8. The van der Waals surface area contributed by atoms with Crippen molar-refractivity contribution in [2.75, 3.05) is 19.0 Å². The van der Waals surface area contributed by atoms with Crippen molar-refractivity contribution in [1.82, 2.24) is 4.90 Å². The third-order valence-electron chi connectivity index (χ3n) is 2.18. The summed E-state index contributed by atoms with van der Waals surface area (Å²) in [5, 5.41) is -0.330. The van der Waals surface area contributed by atoms with E-state index in [9.17, 15) is 22.4 Å². The van der Waals surface area contributed by atoms with Crippen molar-refractivity contribution in [1.29, 1.82) is 0 Å². The van der Waals surface area contributed by atoms with Crippen LogP contribution in [0.5, 0.6) is 0 Å². The molecule has 0 spiro atoms. The zero-order chi connectivity index (χ0) is 14.6. The Labute approximate surface area is 116 Å². The Kier molecular flexibility index (Phi) is 5.43. The van der Waals surface area contributed by atoms with Gasteiger partial charge in [0.15, 0.2) is 0 Å². The molecule has 0 saturated heterocycles. The van der Waals surface area contributed by atoms with Crippen LogP contribution in [0, 0.1) is 5.82 Å². The summed E-state index contributed by atoms with van der Waals surface area (Å²) in [7, 11) is 0. The maximum Gasteiger partial charge on any atom is 0.406 e. The number of hydrogen-bond acceptors (Lipinski definition) is 1. The van der Waals surface area contributed by atoms with E-state index in [-0.39, 0.29) is 23.0 Å². The molecule has 0 bridgehead atoms. The summed E-state index contributed by atoms with van der Waals surface area (Å²) in [6.07, 6.45) is -4.54. The molecule has 0 saturated carbocycles. The molecule has 0 heterocycles. The molecule has 1 rings (SSSR count). The van der Waals surface area contributed by atoms with Crippen molar-refractivity contribution < 1.29 is 22.4 Å². The van der Waals surface area contributed by atoms with E-state index in [0.717, 1.165) is 18.2 Å². The zero-order valence-corrected chi connectivity index (χ0v) is 11.0. The van der Waals surface area contributed by atoms with Crippen LogP contribution in [0.1, 0.15) is 10.4 Å². The van der Waals surface area contributed by atoms with Gasteiger partial charge in [-0.25, -0.2) is 4.39 Å². The lowest BCUT2D eigenvalue weighted by molar-refractivity contribution is -0.140. The molecule has 1 amide bonds. The second-order valence-corrected chi connectivity index (χ2v) is 4.44. The van der Waals surface area contributed by atoms with Gasteiger partial charge in [0.25, 0.3) is 5.91 Å². The second-order valence-electron chi connectivity index (χ2n) is 3.66. The molecule has 0 N–H and O–H groups in total. The first-order chi connectivity index (χ1) is 8.74. The monoisotopic (exact) mass is 317 g/mol. The van der Waals surface area contributed by atoms with Crippen LogP contribution in [0.3, 0.4) is 0 Å². The highest BCUT2D eigenvalue weighted by molar-refractivity contribution is 6.31. The molecule has 19 heavy (non-hydrogen) atoms. The molecule has 0 aromatic heterocycles. The Bertz CT molecular complexity index is 464. The van der Waals surface area contributed by atoms with Crippen LogP contribution < -0.4 is 0 Å². The molecule has 0 aliphatic carbocycles. The van der Waals surface area contributed by atoms with Crippen molar-refractivity contribution in [2.24, 2.45) is 0 Å². The van der Waals surface area contributed by atoms with Crippen LogP contribution in [-0.2, 0) is 0 Å². The van der Waals surface area contributed by atoms with Gasteiger partial charge in [-0.15, -0.1) is 11.6 Å². The minimum absolute atomic E-state index is 0.124. The van der Waals surface area contributed by atoms with Crippen LogP contribution in [0.15, 0.2) is 18.2 Å². The number of halogens is 6. The zero-order valence-electron chi connectivity index (χ0n) is 9.48. The molecule has 1 aromatic carbocycles. The van der Waals surface area contributed by atoms with Gasteiger partial charge in [-0.2, -0.15) is 13.2 Å². The fourth-order valence-electron chi connectivity index (χ4n) is 1.38. The molecule has 0 atom stereocenters. The predicted octanol–water partition coefficient (Wildman–Crippen LogP) is 3.72. The molecule has 0 aliphatic heterocycles. The first-order valence-corrected chi connectivity index (χ1v) is 6.03. The maximum absolute atomic E-state index is 12.9. The molecule has 0 radical (unpaired) electrons. The van der Waals surface area contributed by atoms with E-state index < -0.39 is 24.4 Å². The highest BCUT2D eigenvalue weighted by Gasteiger charge is 2.33. The predicted molar refractivity (Wildman–Crippen MR) is 64.1 cm³/mol. The molecule has 2 nitrogen and oxygen atoms in total. The third-order valence-corrected chi connectivity index (χ3v) is 2.64. The van der Waals surface area contributed by atoms with E-state index in [4.69, 9.17) is 23.2 Å². The normalized spacial score (nSPS) is 11.5. The number of hydrogen-bond donors (Lipinski definition) is 0. The van der Waals surface area contributed by atoms with Crippen molar-refractivity contribution in [3.63, 3.8) is 0 Å². The van der Waals surface area contributed by atoms with Gasteiger partial charge in [-0.3, -0.25) is 4.79 Å². The highest BCUT2D eigenvalue weighted by atomic mass is 35.5. The van der Waals surface area contributed by atoms with E-state index in [1.165, 1.54) is 0 Å². The highest BCUT2D eigenvalue weighted by Crippen LogP contribution is 2.20. The summed E-state index contributed by atoms with van der Waals surface area (Å²) < 4.78 is 49.9. The number of nitrogens with zero attached hydrogens (tertiary/aromatic N) is 1. The van der Waals surface area contributed by atoms with E-state index in [2.05, 4.69) is 0 Å². The SMILES string of the molecule is O=C(c1ccc(F)c(Cl)c1)N(CCCl)CC(F)(F)F. The van der Waals surface area contributed by atoms with E-state index in [0.29, 0.717) is 4.90 Å². The summed E-state index contributed by atoms with van der Waals surface area (Å²) in [5.41, 5.74) is -0.124. The lowest BCUT2D eigenvalue weighted by Crippen LogP contribution is -2.40. The van der Waals surface area contributed by atoms with Crippen molar-refractivity contribution in [3.8, 4) is 0 Å². The average Bonchev–Trinajstić information content (AvgIpc) is 2.29. The molecular weight excluding hydrogens is 309 g/mol. The van der Waals surface area contributed by atoms with Gasteiger partial charge < -0.3 is 4.90 Å². The summed E-state index contributed by atoms with van der Waals surface area (Å²) in [6, 6.07) is 2.97. The van der Waals surface area contributed by atoms with Crippen LogP contribution in [0.2, 0.25) is 5.02 Å². The van der Waals surface area contributed by atoms with Crippen LogP contribution in [-0.4, -0.2) is 36.0 Å².